The quantitative estimate of drug-likeness (QED) is 0.622. The van der Waals surface area contributed by atoms with Crippen LogP contribution < -0.4 is 10.0 Å². The Bertz CT molecular complexity index is 1030. The monoisotopic (exact) mass is 434 g/mol. The fraction of sp³-hybridized carbons (Fsp3) is 0.0556. The minimum Gasteiger partial charge on any atom is -0.472 e. The molecule has 1 heterocycles. The van der Waals surface area contributed by atoms with Crippen LogP contribution in [0.2, 0.25) is 0 Å². The Labute approximate surface area is 159 Å². The predicted octanol–water partition coefficient (Wildman–Crippen LogP) is 4.40. The van der Waals surface area contributed by atoms with Gasteiger partial charge in [-0.2, -0.15) is 0 Å². The molecule has 0 unspecified atom stereocenters. The maximum absolute atomic E-state index is 12.7. The fourth-order valence-corrected chi connectivity index (χ4v) is 3.89. The summed E-state index contributed by atoms with van der Waals surface area (Å²) in [4.78, 5) is 12.2. The summed E-state index contributed by atoms with van der Waals surface area (Å²) in [7, 11) is -3.80. The van der Waals surface area contributed by atoms with Crippen molar-refractivity contribution in [3.05, 3.63) is 76.7 Å². The largest absolute Gasteiger partial charge is 0.472 e. The number of carbonyl (C=O) groups is 1. The first-order valence-electron chi connectivity index (χ1n) is 7.58. The van der Waals surface area contributed by atoms with Crippen molar-refractivity contribution in [1.82, 2.24) is 0 Å². The van der Waals surface area contributed by atoms with Crippen molar-refractivity contribution in [1.29, 1.82) is 0 Å². The third-order valence-electron chi connectivity index (χ3n) is 3.62. The molecular formula is C18H15BrN2O4S. The summed E-state index contributed by atoms with van der Waals surface area (Å²) in [5, 5.41) is 2.66. The van der Waals surface area contributed by atoms with Crippen molar-refractivity contribution < 1.29 is 17.6 Å². The second-order valence-corrected chi connectivity index (χ2v) is 8.13. The lowest BCUT2D eigenvalue weighted by atomic mass is 10.2. The van der Waals surface area contributed by atoms with Crippen LogP contribution in [0.4, 0.5) is 11.4 Å². The second-order valence-electron chi connectivity index (χ2n) is 5.56. The van der Waals surface area contributed by atoms with E-state index in [1.807, 2.05) is 0 Å². The first-order chi connectivity index (χ1) is 12.3. The molecule has 3 aromatic rings. The zero-order chi connectivity index (χ0) is 18.7. The molecule has 3 rings (SSSR count). The first-order valence-corrected chi connectivity index (χ1v) is 9.85. The minimum absolute atomic E-state index is 0.0883. The van der Waals surface area contributed by atoms with Crippen molar-refractivity contribution in [2.24, 2.45) is 0 Å². The smallest absolute Gasteiger partial charge is 0.262 e. The summed E-state index contributed by atoms with van der Waals surface area (Å²) in [5.41, 5.74) is 1.73. The van der Waals surface area contributed by atoms with Crippen molar-refractivity contribution in [3.63, 3.8) is 0 Å². The van der Waals surface area contributed by atoms with Gasteiger partial charge in [-0.25, -0.2) is 8.42 Å². The van der Waals surface area contributed by atoms with E-state index in [9.17, 15) is 13.2 Å². The number of furan rings is 1. The average molecular weight is 435 g/mol. The van der Waals surface area contributed by atoms with Gasteiger partial charge in [0.2, 0.25) is 0 Å². The van der Waals surface area contributed by atoms with Gasteiger partial charge in [0.1, 0.15) is 6.26 Å². The van der Waals surface area contributed by atoms with Gasteiger partial charge in [0.15, 0.2) is 0 Å². The summed E-state index contributed by atoms with van der Waals surface area (Å²) in [6.45, 7) is 1.69. The number of hydrogen-bond acceptors (Lipinski definition) is 4. The SMILES string of the molecule is Cc1ccc(NC(=O)c2ccoc2)cc1S(=O)(=O)Nc1ccc(Br)cc1. The maximum Gasteiger partial charge on any atom is 0.262 e. The number of amides is 1. The highest BCUT2D eigenvalue weighted by atomic mass is 79.9. The Morgan fingerprint density at radius 2 is 1.73 bits per heavy atom. The third kappa shape index (κ3) is 4.14. The highest BCUT2D eigenvalue weighted by Gasteiger charge is 2.18. The number of anilines is 2. The van der Waals surface area contributed by atoms with Crippen LogP contribution in [-0.2, 0) is 10.0 Å². The topological polar surface area (TPSA) is 88.4 Å². The molecule has 26 heavy (non-hydrogen) atoms. The lowest BCUT2D eigenvalue weighted by Gasteiger charge is -2.12. The molecule has 1 amide bonds. The number of nitrogens with one attached hydrogen (secondary N) is 2. The molecule has 0 saturated heterocycles. The highest BCUT2D eigenvalue weighted by Crippen LogP contribution is 2.24. The molecular weight excluding hydrogens is 420 g/mol. The van der Waals surface area contributed by atoms with Crippen LogP contribution in [0.5, 0.6) is 0 Å². The summed E-state index contributed by atoms with van der Waals surface area (Å²) in [6.07, 6.45) is 2.71. The number of sulfonamides is 1. The van der Waals surface area contributed by atoms with Crippen LogP contribution in [0.1, 0.15) is 15.9 Å². The molecule has 0 atom stereocenters. The summed E-state index contributed by atoms with van der Waals surface area (Å²) < 4.78 is 33.7. The molecule has 0 bridgehead atoms. The van der Waals surface area contributed by atoms with Gasteiger partial charge >= 0.3 is 0 Å². The number of benzene rings is 2. The van der Waals surface area contributed by atoms with Crippen LogP contribution in [0.25, 0.3) is 0 Å². The molecule has 0 saturated carbocycles. The molecule has 8 heteroatoms. The first kappa shape index (κ1) is 18.2. The predicted molar refractivity (Wildman–Crippen MR) is 103 cm³/mol. The number of hydrogen-bond donors (Lipinski definition) is 2. The number of halogens is 1. The van der Waals surface area contributed by atoms with E-state index in [1.165, 1.54) is 24.7 Å². The molecule has 0 aliphatic rings. The molecule has 0 radical (unpaired) electrons. The Kier molecular flexibility index (Phi) is 5.15. The van der Waals surface area contributed by atoms with Crippen LogP contribution in [0.15, 0.2) is 74.8 Å². The maximum atomic E-state index is 12.7. The average Bonchev–Trinajstić information content (AvgIpc) is 3.13. The molecule has 2 N–H and O–H groups in total. The summed E-state index contributed by atoms with van der Waals surface area (Å²) in [6, 6.07) is 13.0. The van der Waals surface area contributed by atoms with Gasteiger partial charge < -0.3 is 9.73 Å². The van der Waals surface area contributed by atoms with Gasteiger partial charge in [-0.15, -0.1) is 0 Å². The van der Waals surface area contributed by atoms with Gasteiger partial charge in [-0.05, 0) is 55.0 Å². The number of aryl methyl sites for hydroxylation is 1. The molecule has 6 nitrogen and oxygen atoms in total. The molecule has 0 aliphatic carbocycles. The molecule has 134 valence electrons. The molecule has 0 spiro atoms. The zero-order valence-electron chi connectivity index (χ0n) is 13.7. The highest BCUT2D eigenvalue weighted by molar-refractivity contribution is 9.10. The normalized spacial score (nSPS) is 11.2. The van der Waals surface area contributed by atoms with E-state index in [4.69, 9.17) is 4.42 Å². The summed E-state index contributed by atoms with van der Waals surface area (Å²) in [5.74, 6) is -0.383. The third-order valence-corrected chi connectivity index (χ3v) is 5.67. The molecule has 0 fully saturated rings. The van der Waals surface area contributed by atoms with Crippen LogP contribution in [-0.4, -0.2) is 14.3 Å². The van der Waals surface area contributed by atoms with E-state index in [-0.39, 0.29) is 10.8 Å². The van der Waals surface area contributed by atoms with E-state index in [1.54, 1.807) is 43.3 Å². The van der Waals surface area contributed by atoms with Gasteiger partial charge in [0, 0.05) is 15.8 Å². The van der Waals surface area contributed by atoms with Gasteiger partial charge in [0.05, 0.1) is 16.7 Å². The van der Waals surface area contributed by atoms with Crippen molar-refractivity contribution >= 4 is 43.2 Å². The van der Waals surface area contributed by atoms with Crippen molar-refractivity contribution in [2.75, 3.05) is 10.0 Å². The van der Waals surface area contributed by atoms with Gasteiger partial charge in [-0.3, -0.25) is 9.52 Å². The van der Waals surface area contributed by atoms with Crippen molar-refractivity contribution in [3.8, 4) is 0 Å². The van der Waals surface area contributed by atoms with Crippen LogP contribution in [0.3, 0.4) is 0 Å². The minimum atomic E-state index is -3.80. The van der Waals surface area contributed by atoms with E-state index in [0.29, 0.717) is 22.5 Å². The Balaban J connectivity index is 1.86. The van der Waals surface area contributed by atoms with Gasteiger partial charge in [-0.1, -0.05) is 22.0 Å². The van der Waals surface area contributed by atoms with E-state index < -0.39 is 10.0 Å². The van der Waals surface area contributed by atoms with Crippen LogP contribution >= 0.6 is 15.9 Å². The lowest BCUT2D eigenvalue weighted by Crippen LogP contribution is -2.16. The standard InChI is InChI=1S/C18H15BrN2O4S/c1-12-2-5-16(20-18(22)13-8-9-25-11-13)10-17(12)26(23,24)21-15-6-3-14(19)4-7-15/h2-11,21H,1H3,(H,20,22). The van der Waals surface area contributed by atoms with Crippen LogP contribution in [0, 0.1) is 6.92 Å². The number of rotatable bonds is 5. The van der Waals surface area contributed by atoms with E-state index in [2.05, 4.69) is 26.0 Å². The zero-order valence-corrected chi connectivity index (χ0v) is 16.1. The van der Waals surface area contributed by atoms with Crippen molar-refractivity contribution in [2.45, 2.75) is 11.8 Å². The lowest BCUT2D eigenvalue weighted by molar-refractivity contribution is 0.102. The fourth-order valence-electron chi connectivity index (χ4n) is 2.29. The molecule has 2 aromatic carbocycles. The number of carbonyl (C=O) groups excluding carboxylic acids is 1. The van der Waals surface area contributed by atoms with Gasteiger partial charge in [0.25, 0.3) is 15.9 Å². The Morgan fingerprint density at radius 3 is 2.38 bits per heavy atom. The van der Waals surface area contributed by atoms with E-state index >= 15 is 0 Å². The Morgan fingerprint density at radius 1 is 1.04 bits per heavy atom. The Hall–Kier alpha value is -2.58. The molecule has 0 aliphatic heterocycles. The molecule has 1 aromatic heterocycles. The van der Waals surface area contributed by atoms with E-state index in [0.717, 1.165) is 4.47 Å². The summed E-state index contributed by atoms with van der Waals surface area (Å²) >= 11 is 3.31. The second kappa shape index (κ2) is 7.35.